The van der Waals surface area contributed by atoms with Crippen LogP contribution in [0.25, 0.3) is 27.1 Å². The second kappa shape index (κ2) is 10.3. The van der Waals surface area contributed by atoms with Crippen molar-refractivity contribution in [3.05, 3.63) is 72.0 Å². The Bertz CT molecular complexity index is 1000. The molecule has 3 aromatic carbocycles. The predicted molar refractivity (Wildman–Crippen MR) is 108 cm³/mol. The first-order chi connectivity index (χ1) is 12.0. The van der Waals surface area contributed by atoms with Crippen LogP contribution in [0, 0.1) is 0 Å². The normalized spacial score (nSPS) is 13.2. The number of fused-ring (bicyclic) bond motifs is 3. The molecule has 2 nitrogen and oxygen atoms in total. The van der Waals surface area contributed by atoms with Gasteiger partial charge in [-0.15, -0.1) is 33.7 Å². The Morgan fingerprint density at radius 1 is 0.964 bits per heavy atom. The number of ether oxygens (including phenoxy) is 1. The van der Waals surface area contributed by atoms with Gasteiger partial charge in [-0.3, -0.25) is 0 Å². The van der Waals surface area contributed by atoms with E-state index < -0.39 is 8.32 Å². The molecule has 6 heteroatoms. The number of halogens is 2. The molecule has 0 saturated carbocycles. The Hall–Kier alpha value is -0.770. The fourth-order valence-corrected chi connectivity index (χ4v) is 3.79. The van der Waals surface area contributed by atoms with Crippen molar-refractivity contribution in [2.45, 2.75) is 26.1 Å². The van der Waals surface area contributed by atoms with Gasteiger partial charge in [-0.1, -0.05) is 48.0 Å². The second-order valence-corrected chi connectivity index (χ2v) is 12.0. The average Bonchev–Trinajstić information content (AvgIpc) is 3.17. The van der Waals surface area contributed by atoms with Crippen LogP contribution < -0.4 is 24.8 Å². The summed E-state index contributed by atoms with van der Waals surface area (Å²) in [5, 5.41) is 5.22. The maximum absolute atomic E-state index is 5.97. The Balaban J connectivity index is 0.00000131. The number of rotatable bonds is 5. The standard InChI is InChI=1S/C22H23O2Si.2ClH.Zr/c1-25(2,3)24-15-23-22-13-7-12-20(22)19-11-6-10-18-17-9-5-4-8-16(17)14-21(18)19;;;/h4-11,13-14H,12,15H2,1-3H3;2*1H;/q-1;;;+3/p-2. The minimum absolute atomic E-state index is 0. The summed E-state index contributed by atoms with van der Waals surface area (Å²) in [6.45, 7) is 6.85. The summed E-state index contributed by atoms with van der Waals surface area (Å²) < 4.78 is 11.8. The zero-order chi connectivity index (χ0) is 17.4. The molecule has 0 aromatic heterocycles. The molecular weight excluding hydrogens is 486 g/mol. The van der Waals surface area contributed by atoms with Crippen molar-refractivity contribution in [2.24, 2.45) is 0 Å². The fourth-order valence-electron chi connectivity index (χ4n) is 3.38. The second-order valence-electron chi connectivity index (χ2n) is 7.47. The molecule has 0 aliphatic heterocycles. The van der Waals surface area contributed by atoms with E-state index in [1.165, 1.54) is 32.7 Å². The van der Waals surface area contributed by atoms with Crippen LogP contribution in [0.3, 0.4) is 0 Å². The molecule has 4 rings (SSSR count). The summed E-state index contributed by atoms with van der Waals surface area (Å²) in [6.07, 6.45) is 5.15. The summed E-state index contributed by atoms with van der Waals surface area (Å²) in [5.41, 5.74) is 2.52. The number of benzene rings is 2. The first kappa shape index (κ1) is 25.3. The van der Waals surface area contributed by atoms with Gasteiger partial charge < -0.3 is 34.0 Å². The quantitative estimate of drug-likeness (QED) is 0.278. The number of hydrogen-bond acceptors (Lipinski definition) is 2. The van der Waals surface area contributed by atoms with Crippen LogP contribution in [0.1, 0.15) is 12.0 Å². The van der Waals surface area contributed by atoms with Gasteiger partial charge in [0.25, 0.3) is 0 Å². The van der Waals surface area contributed by atoms with Crippen LogP contribution >= 0.6 is 0 Å². The van der Waals surface area contributed by atoms with Crippen molar-refractivity contribution in [1.29, 1.82) is 0 Å². The summed E-state index contributed by atoms with van der Waals surface area (Å²) in [4.78, 5) is 0. The zero-order valence-electron chi connectivity index (χ0n) is 16.3. The zero-order valence-corrected chi connectivity index (χ0v) is 21.2. The van der Waals surface area contributed by atoms with E-state index in [2.05, 4.69) is 80.3 Å². The predicted octanol–water partition coefficient (Wildman–Crippen LogP) is 0.214. The molecule has 28 heavy (non-hydrogen) atoms. The molecular formula is C22H23Cl2O2SiZr. The van der Waals surface area contributed by atoms with Crippen LogP contribution in [-0.2, 0) is 35.4 Å². The molecule has 0 amide bonds. The van der Waals surface area contributed by atoms with Gasteiger partial charge in [0.15, 0.2) is 15.1 Å². The fraction of sp³-hybridized carbons (Fsp3) is 0.227. The van der Waals surface area contributed by atoms with Crippen LogP contribution in [0.2, 0.25) is 19.6 Å². The molecule has 0 saturated heterocycles. The molecule has 0 unspecified atom stereocenters. The molecule has 0 N–H and O–H groups in total. The summed E-state index contributed by atoms with van der Waals surface area (Å²) in [6, 6.07) is 17.4. The van der Waals surface area contributed by atoms with Gasteiger partial charge in [0.1, 0.15) is 5.76 Å². The summed E-state index contributed by atoms with van der Waals surface area (Å²) in [7, 11) is -1.57. The number of allylic oxidation sites excluding steroid dienone is 3. The van der Waals surface area contributed by atoms with Crippen LogP contribution in [0.15, 0.2) is 66.4 Å². The molecule has 145 valence electrons. The maximum Gasteiger partial charge on any atom is 3.00 e. The monoisotopic (exact) mass is 507 g/mol. The van der Waals surface area contributed by atoms with Gasteiger partial charge >= 0.3 is 26.2 Å². The largest absolute Gasteiger partial charge is 3.00 e. The summed E-state index contributed by atoms with van der Waals surface area (Å²) in [5.74, 6) is 0.941. The van der Waals surface area contributed by atoms with Crippen LogP contribution in [0.5, 0.6) is 0 Å². The molecule has 1 radical (unpaired) electrons. The van der Waals surface area contributed by atoms with Crippen LogP contribution in [0.4, 0.5) is 0 Å². The van der Waals surface area contributed by atoms with Gasteiger partial charge in [-0.05, 0) is 37.7 Å². The molecule has 1 aliphatic rings. The number of hydrogen-bond donors (Lipinski definition) is 0. The van der Waals surface area contributed by atoms with E-state index in [0.717, 1.165) is 12.2 Å². The molecule has 0 spiro atoms. The van der Waals surface area contributed by atoms with E-state index in [1.54, 1.807) is 0 Å². The Morgan fingerprint density at radius 2 is 1.68 bits per heavy atom. The van der Waals surface area contributed by atoms with Gasteiger partial charge in [0.05, 0.1) is 0 Å². The Labute approximate surface area is 199 Å². The van der Waals surface area contributed by atoms with E-state index in [0.29, 0.717) is 6.79 Å². The van der Waals surface area contributed by atoms with E-state index in [1.807, 2.05) is 0 Å². The first-order valence-corrected chi connectivity index (χ1v) is 12.2. The van der Waals surface area contributed by atoms with Crippen molar-refractivity contribution in [2.75, 3.05) is 6.79 Å². The third-order valence-corrected chi connectivity index (χ3v) is 5.56. The molecule has 3 aromatic rings. The maximum atomic E-state index is 5.97. The molecule has 0 heterocycles. The van der Waals surface area contributed by atoms with Crippen molar-refractivity contribution in [3.8, 4) is 0 Å². The summed E-state index contributed by atoms with van der Waals surface area (Å²) >= 11 is 0. The SMILES string of the molecule is C[Si](C)(C)OCOC1=C(c2cccc3c2[cH-]c2ccccc23)CC=C1.[Cl-].[Cl-].[Zr+3]. The molecule has 1 aliphatic carbocycles. The van der Waals surface area contributed by atoms with Gasteiger partial charge in [-0.25, -0.2) is 0 Å². The van der Waals surface area contributed by atoms with E-state index in [-0.39, 0.29) is 51.0 Å². The third-order valence-electron chi connectivity index (χ3n) is 4.58. The smallest absolute Gasteiger partial charge is 1.00 e. The van der Waals surface area contributed by atoms with Crippen LogP contribution in [-0.4, -0.2) is 15.1 Å². The van der Waals surface area contributed by atoms with Crippen molar-refractivity contribution in [3.63, 3.8) is 0 Å². The minimum Gasteiger partial charge on any atom is -1.00 e. The van der Waals surface area contributed by atoms with Gasteiger partial charge in [0, 0.05) is 0 Å². The molecule has 0 bridgehead atoms. The first-order valence-electron chi connectivity index (χ1n) is 8.77. The van der Waals surface area contributed by atoms with Crippen molar-refractivity contribution >= 4 is 35.4 Å². The van der Waals surface area contributed by atoms with Gasteiger partial charge in [0.2, 0.25) is 0 Å². The third kappa shape index (κ3) is 5.23. The van der Waals surface area contributed by atoms with E-state index in [4.69, 9.17) is 9.16 Å². The van der Waals surface area contributed by atoms with E-state index >= 15 is 0 Å². The molecule has 0 fully saturated rings. The van der Waals surface area contributed by atoms with Crippen molar-refractivity contribution < 1.29 is 60.2 Å². The Morgan fingerprint density at radius 3 is 2.43 bits per heavy atom. The topological polar surface area (TPSA) is 18.5 Å². The van der Waals surface area contributed by atoms with Gasteiger partial charge in [-0.2, -0.15) is 0 Å². The Kier molecular flexibility index (Phi) is 9.31. The average molecular weight is 510 g/mol. The molecule has 0 atom stereocenters. The van der Waals surface area contributed by atoms with E-state index in [9.17, 15) is 0 Å². The van der Waals surface area contributed by atoms with Crippen molar-refractivity contribution in [1.82, 2.24) is 0 Å². The minimum atomic E-state index is -1.57.